The number of oxime groups is 2. The van der Waals surface area contributed by atoms with Crippen molar-refractivity contribution in [3.8, 4) is 0 Å². The maximum atomic E-state index is 8.41. The normalized spacial score (nSPS) is 35.5. The highest BCUT2D eigenvalue weighted by molar-refractivity contribution is 8.42. The predicted octanol–water partition coefficient (Wildman–Crippen LogP) is 1.43. The molecule has 0 aromatic carbocycles. The Balaban J connectivity index is 2.65. The van der Waals surface area contributed by atoms with E-state index in [-0.39, 0.29) is 4.75 Å². The van der Waals surface area contributed by atoms with Crippen molar-refractivity contribution >= 4 is 34.1 Å². The third kappa shape index (κ3) is 2.03. The van der Waals surface area contributed by atoms with Gasteiger partial charge in [-0.25, -0.2) is 0 Å². The number of hydrogen-bond acceptors (Lipinski definition) is 6. The monoisotopic (exact) mass is 192 g/mol. The van der Waals surface area contributed by atoms with Crippen LogP contribution in [0, 0.1) is 0 Å². The molecule has 0 spiro atoms. The lowest BCUT2D eigenvalue weighted by Gasteiger charge is -2.11. The Morgan fingerprint density at radius 2 is 2.36 bits per heavy atom. The molecular weight excluding hydrogens is 184 g/mol. The second kappa shape index (κ2) is 3.36. The quantitative estimate of drug-likeness (QED) is 0.375. The molecule has 0 saturated carbocycles. The molecule has 4 nitrogen and oxygen atoms in total. The third-order valence-electron chi connectivity index (χ3n) is 1.22. The molecule has 0 aromatic heterocycles. The lowest BCUT2D eigenvalue weighted by molar-refractivity contribution is 0.319. The van der Waals surface area contributed by atoms with Gasteiger partial charge >= 0.3 is 0 Å². The summed E-state index contributed by atoms with van der Waals surface area (Å²) in [6.45, 7) is 1.92. The Morgan fingerprint density at radius 1 is 1.64 bits per heavy atom. The van der Waals surface area contributed by atoms with Gasteiger partial charge in [0.15, 0.2) is 4.38 Å². The van der Waals surface area contributed by atoms with Crippen LogP contribution in [-0.4, -0.2) is 31.5 Å². The Morgan fingerprint density at radius 3 is 2.82 bits per heavy atom. The van der Waals surface area contributed by atoms with Gasteiger partial charge in [-0.3, -0.25) is 0 Å². The minimum atomic E-state index is -0.235. The average molecular weight is 192 g/mol. The summed E-state index contributed by atoms with van der Waals surface area (Å²) >= 11 is 2.84. The Bertz CT molecular complexity index is 207. The summed E-state index contributed by atoms with van der Waals surface area (Å²) in [7, 11) is 0. The first kappa shape index (κ1) is 8.73. The average Bonchev–Trinajstić information content (AvgIpc) is 2.33. The topological polar surface area (TPSA) is 65.2 Å². The van der Waals surface area contributed by atoms with E-state index in [0.29, 0.717) is 4.38 Å². The summed E-state index contributed by atoms with van der Waals surface area (Å²) in [6.07, 6.45) is 1.45. The zero-order chi connectivity index (χ0) is 8.32. The summed E-state index contributed by atoms with van der Waals surface area (Å²) < 4.78 is 0.383. The molecule has 2 N–H and O–H groups in total. The smallest absolute Gasteiger partial charge is 0.170 e. The third-order valence-corrected chi connectivity index (χ3v) is 4.05. The molecule has 11 heavy (non-hydrogen) atoms. The van der Waals surface area contributed by atoms with Gasteiger partial charge in [0.1, 0.15) is 0 Å². The van der Waals surface area contributed by atoms with E-state index >= 15 is 0 Å². The van der Waals surface area contributed by atoms with E-state index in [2.05, 4.69) is 10.3 Å². The molecule has 0 aromatic rings. The summed E-state index contributed by atoms with van der Waals surface area (Å²) in [5, 5.41) is 22.7. The van der Waals surface area contributed by atoms with Gasteiger partial charge in [0.05, 0.1) is 11.0 Å². The zero-order valence-electron chi connectivity index (χ0n) is 5.89. The Kier molecular flexibility index (Phi) is 2.67. The van der Waals surface area contributed by atoms with Crippen LogP contribution in [0.4, 0.5) is 0 Å². The molecule has 0 aliphatic carbocycles. The molecule has 1 heterocycles. The molecule has 0 radical (unpaired) electrons. The van der Waals surface area contributed by atoms with Crippen LogP contribution in [0.25, 0.3) is 0 Å². The van der Waals surface area contributed by atoms with Crippen molar-refractivity contribution in [2.75, 3.05) is 5.75 Å². The second-order valence-corrected chi connectivity index (χ2v) is 5.06. The van der Waals surface area contributed by atoms with Crippen LogP contribution in [0.3, 0.4) is 0 Å². The number of nitrogens with zero attached hydrogens (tertiary/aromatic N) is 2. The van der Waals surface area contributed by atoms with Gasteiger partial charge in [-0.2, -0.15) is 0 Å². The van der Waals surface area contributed by atoms with Gasteiger partial charge < -0.3 is 10.4 Å². The van der Waals surface area contributed by atoms with Crippen LogP contribution < -0.4 is 0 Å². The van der Waals surface area contributed by atoms with Crippen molar-refractivity contribution < 1.29 is 10.4 Å². The highest BCUT2D eigenvalue weighted by Crippen LogP contribution is 2.40. The highest BCUT2D eigenvalue weighted by Gasteiger charge is 2.33. The van der Waals surface area contributed by atoms with Gasteiger partial charge in [0, 0.05) is 5.75 Å². The highest BCUT2D eigenvalue weighted by atomic mass is 32.2. The summed E-state index contributed by atoms with van der Waals surface area (Å²) in [5.74, 6) is 0.765. The van der Waals surface area contributed by atoms with Crippen molar-refractivity contribution in [1.82, 2.24) is 0 Å². The van der Waals surface area contributed by atoms with Gasteiger partial charge in [0.2, 0.25) is 0 Å². The number of hydrogen-bond donors (Lipinski definition) is 2. The summed E-state index contributed by atoms with van der Waals surface area (Å²) in [5.41, 5.74) is 0. The first-order valence-corrected chi connectivity index (χ1v) is 4.73. The molecule has 1 aliphatic heterocycles. The molecule has 62 valence electrons. The molecule has 1 saturated heterocycles. The molecule has 1 atom stereocenters. The van der Waals surface area contributed by atoms with Crippen LogP contribution in [0.2, 0.25) is 0 Å². The maximum absolute atomic E-state index is 8.41. The van der Waals surface area contributed by atoms with E-state index in [4.69, 9.17) is 10.4 Å². The lowest BCUT2D eigenvalue weighted by Crippen LogP contribution is -2.21. The fraction of sp³-hybridized carbons (Fsp3) is 0.600. The van der Waals surface area contributed by atoms with Crippen LogP contribution in [0.5, 0.6) is 0 Å². The summed E-state index contributed by atoms with van der Waals surface area (Å²) in [4.78, 5) is 0. The molecule has 0 bridgehead atoms. The van der Waals surface area contributed by atoms with E-state index in [1.54, 1.807) is 0 Å². The molecule has 0 amide bonds. The minimum absolute atomic E-state index is 0.235. The second-order valence-electron chi connectivity index (χ2n) is 2.31. The lowest BCUT2D eigenvalue weighted by atomic mass is 10.2. The standard InChI is InChI=1S/C5H8N2O2S2/c1-5(2-6-8)3-10-4(7-9)11-5/h2,8-9H,3H2,1H3/b6-2-,7-4-/t5-/m0/s1. The largest absolute Gasteiger partial charge is 0.411 e. The van der Waals surface area contributed by atoms with Gasteiger partial charge in [-0.1, -0.05) is 28.7 Å². The van der Waals surface area contributed by atoms with Crippen molar-refractivity contribution in [2.24, 2.45) is 10.3 Å². The van der Waals surface area contributed by atoms with Crippen molar-refractivity contribution in [1.29, 1.82) is 0 Å². The van der Waals surface area contributed by atoms with Crippen LogP contribution >= 0.6 is 23.5 Å². The van der Waals surface area contributed by atoms with Crippen molar-refractivity contribution in [3.63, 3.8) is 0 Å². The summed E-state index contributed by atoms with van der Waals surface area (Å²) in [6, 6.07) is 0. The predicted molar refractivity (Wildman–Crippen MR) is 48.0 cm³/mol. The van der Waals surface area contributed by atoms with Gasteiger partial charge in [-0.05, 0) is 6.92 Å². The fourth-order valence-corrected chi connectivity index (χ4v) is 3.18. The number of thioether (sulfide) groups is 2. The first-order chi connectivity index (χ1) is 5.20. The molecule has 0 unspecified atom stereocenters. The molecule has 6 heteroatoms. The van der Waals surface area contributed by atoms with E-state index in [0.717, 1.165) is 5.75 Å². The van der Waals surface area contributed by atoms with E-state index in [1.807, 2.05) is 6.92 Å². The van der Waals surface area contributed by atoms with Gasteiger partial charge in [0.25, 0.3) is 0 Å². The Labute approximate surface area is 72.7 Å². The SMILES string of the molecule is C[C@]1(/C=N\O)CS/C(=N/O)S1. The van der Waals surface area contributed by atoms with Crippen LogP contribution in [0.15, 0.2) is 10.3 Å². The fourth-order valence-electron chi connectivity index (χ4n) is 0.698. The van der Waals surface area contributed by atoms with E-state index in [9.17, 15) is 0 Å². The minimum Gasteiger partial charge on any atom is -0.411 e. The van der Waals surface area contributed by atoms with Crippen LogP contribution in [-0.2, 0) is 0 Å². The Hall–Kier alpha value is -0.360. The zero-order valence-corrected chi connectivity index (χ0v) is 7.52. The maximum Gasteiger partial charge on any atom is 0.170 e. The van der Waals surface area contributed by atoms with Crippen molar-refractivity contribution in [3.05, 3.63) is 0 Å². The van der Waals surface area contributed by atoms with E-state index in [1.165, 1.54) is 29.7 Å². The van der Waals surface area contributed by atoms with E-state index < -0.39 is 0 Å². The number of rotatable bonds is 1. The molecule has 1 aliphatic rings. The van der Waals surface area contributed by atoms with Crippen LogP contribution in [0.1, 0.15) is 6.92 Å². The van der Waals surface area contributed by atoms with Crippen molar-refractivity contribution in [2.45, 2.75) is 11.7 Å². The molecule has 1 fully saturated rings. The first-order valence-electron chi connectivity index (χ1n) is 2.93. The van der Waals surface area contributed by atoms with Gasteiger partial charge in [-0.15, -0.1) is 5.16 Å². The molecular formula is C5H8N2O2S2. The molecule has 1 rings (SSSR count).